The molecular formula is C33H36N6O4S. The van der Waals surface area contributed by atoms with Crippen LogP contribution in [0.2, 0.25) is 0 Å². The molecule has 44 heavy (non-hydrogen) atoms. The molecule has 11 heteroatoms. The van der Waals surface area contributed by atoms with Gasteiger partial charge in [-0.1, -0.05) is 50.7 Å². The van der Waals surface area contributed by atoms with Gasteiger partial charge in [-0.2, -0.15) is 5.10 Å². The number of nitrogens with zero attached hydrogens (tertiary/aromatic N) is 4. The van der Waals surface area contributed by atoms with Crippen molar-refractivity contribution in [1.29, 1.82) is 0 Å². The number of hydrogen-bond acceptors (Lipinski definition) is 8. The van der Waals surface area contributed by atoms with E-state index >= 15 is 0 Å². The van der Waals surface area contributed by atoms with Gasteiger partial charge in [0.1, 0.15) is 23.8 Å². The zero-order valence-electron chi connectivity index (χ0n) is 25.7. The molecule has 5 rings (SSSR count). The first-order chi connectivity index (χ1) is 21.1. The van der Waals surface area contributed by atoms with Crippen LogP contribution in [-0.4, -0.2) is 53.2 Å². The Bertz CT molecular complexity index is 1780. The molecule has 10 nitrogen and oxygen atoms in total. The highest BCUT2D eigenvalue weighted by Gasteiger charge is 2.22. The van der Waals surface area contributed by atoms with E-state index in [2.05, 4.69) is 41.4 Å². The number of fused-ring (bicyclic) bond motifs is 1. The zero-order valence-corrected chi connectivity index (χ0v) is 26.5. The lowest BCUT2D eigenvalue weighted by Crippen LogP contribution is -2.21. The Morgan fingerprint density at radius 2 is 1.75 bits per heavy atom. The van der Waals surface area contributed by atoms with Crippen molar-refractivity contribution in [1.82, 2.24) is 19.7 Å². The highest BCUT2D eigenvalue weighted by molar-refractivity contribution is 7.99. The number of methoxy groups -OCH3 is 2. The van der Waals surface area contributed by atoms with Crippen molar-refractivity contribution in [3.8, 4) is 17.2 Å². The van der Waals surface area contributed by atoms with Crippen molar-refractivity contribution >= 4 is 40.2 Å². The van der Waals surface area contributed by atoms with Crippen molar-refractivity contribution in [3.63, 3.8) is 0 Å². The molecule has 228 valence electrons. The van der Waals surface area contributed by atoms with Crippen molar-refractivity contribution in [2.45, 2.75) is 43.0 Å². The first kappa shape index (κ1) is 30.8. The fourth-order valence-electron chi connectivity index (χ4n) is 4.45. The molecular weight excluding hydrogens is 576 g/mol. The minimum atomic E-state index is -0.375. The molecule has 0 atom stereocenters. The van der Waals surface area contributed by atoms with Gasteiger partial charge in [0, 0.05) is 40.6 Å². The molecule has 0 aliphatic rings. The number of aromatic nitrogens is 4. The average Bonchev–Trinajstić information content (AvgIpc) is 3.41. The zero-order chi connectivity index (χ0) is 31.3. The SMILES string of the molecule is COCCOc1cc2ncnc(Sc3cccc(NC(=O)Nc4cc(C(C)(C)C)nn4-c4cccc(C)c4)c3)c2cc1OC. The molecule has 0 unspecified atom stereocenters. The van der Waals surface area contributed by atoms with Crippen molar-refractivity contribution in [2.24, 2.45) is 0 Å². The third-order valence-electron chi connectivity index (χ3n) is 6.70. The monoisotopic (exact) mass is 612 g/mol. The molecule has 2 N–H and O–H groups in total. The Balaban J connectivity index is 1.35. The normalized spacial score (nSPS) is 11.4. The summed E-state index contributed by atoms with van der Waals surface area (Å²) in [5, 5.41) is 12.3. The molecule has 5 aromatic rings. The second kappa shape index (κ2) is 13.4. The van der Waals surface area contributed by atoms with Gasteiger partial charge in [-0.3, -0.25) is 5.32 Å². The second-order valence-electron chi connectivity index (χ2n) is 11.2. The Morgan fingerprint density at radius 1 is 0.932 bits per heavy atom. The van der Waals surface area contributed by atoms with E-state index in [0.717, 1.165) is 37.8 Å². The number of benzene rings is 3. The molecule has 0 aliphatic carbocycles. The summed E-state index contributed by atoms with van der Waals surface area (Å²) in [7, 11) is 3.22. The number of carbonyl (C=O) groups is 1. The lowest BCUT2D eigenvalue weighted by atomic mass is 9.92. The highest BCUT2D eigenvalue weighted by Crippen LogP contribution is 2.38. The number of carbonyl (C=O) groups excluding carboxylic acids is 1. The molecule has 2 amide bonds. The van der Waals surface area contributed by atoms with E-state index in [9.17, 15) is 4.79 Å². The summed E-state index contributed by atoms with van der Waals surface area (Å²) in [6, 6.07) is 20.8. The van der Waals surface area contributed by atoms with E-state index in [1.165, 1.54) is 18.1 Å². The summed E-state index contributed by atoms with van der Waals surface area (Å²) in [5.41, 5.74) is 4.01. The largest absolute Gasteiger partial charge is 0.493 e. The van der Waals surface area contributed by atoms with E-state index in [0.29, 0.717) is 36.2 Å². The summed E-state index contributed by atoms with van der Waals surface area (Å²) in [6.07, 6.45) is 1.52. The third-order valence-corrected chi connectivity index (χ3v) is 7.71. The molecule has 3 aromatic carbocycles. The summed E-state index contributed by atoms with van der Waals surface area (Å²) in [6.45, 7) is 9.16. The van der Waals surface area contributed by atoms with Gasteiger partial charge >= 0.3 is 6.03 Å². The highest BCUT2D eigenvalue weighted by atomic mass is 32.2. The number of nitrogens with one attached hydrogen (secondary N) is 2. The number of ether oxygens (including phenoxy) is 3. The molecule has 0 radical (unpaired) electrons. The van der Waals surface area contributed by atoms with E-state index in [4.69, 9.17) is 19.3 Å². The maximum Gasteiger partial charge on any atom is 0.324 e. The van der Waals surface area contributed by atoms with Crippen LogP contribution in [0.15, 0.2) is 83.0 Å². The fraction of sp³-hybridized carbons (Fsp3) is 0.273. The van der Waals surface area contributed by atoms with Crippen LogP contribution in [0.1, 0.15) is 32.0 Å². The average molecular weight is 613 g/mol. The number of aryl methyl sites for hydroxylation is 1. The van der Waals surface area contributed by atoms with E-state index in [-0.39, 0.29) is 11.4 Å². The van der Waals surface area contributed by atoms with Crippen molar-refractivity contribution in [3.05, 3.63) is 84.3 Å². The Morgan fingerprint density at radius 3 is 2.50 bits per heavy atom. The van der Waals surface area contributed by atoms with Gasteiger partial charge in [0.15, 0.2) is 11.5 Å². The van der Waals surface area contributed by atoms with Gasteiger partial charge in [0.05, 0.1) is 30.6 Å². The smallest absolute Gasteiger partial charge is 0.324 e. The molecule has 0 aliphatic heterocycles. The van der Waals surface area contributed by atoms with Crippen LogP contribution in [0.4, 0.5) is 16.3 Å². The van der Waals surface area contributed by atoms with Gasteiger partial charge in [0.25, 0.3) is 0 Å². The number of rotatable bonds is 10. The quantitative estimate of drug-likeness (QED) is 0.125. The Labute approximate surface area is 261 Å². The number of urea groups is 1. The Kier molecular flexibility index (Phi) is 9.36. The molecule has 2 aromatic heterocycles. The van der Waals surface area contributed by atoms with Crippen LogP contribution in [0, 0.1) is 6.92 Å². The van der Waals surface area contributed by atoms with Crippen molar-refractivity contribution in [2.75, 3.05) is 38.1 Å². The fourth-order valence-corrected chi connectivity index (χ4v) is 5.38. The molecule has 0 saturated heterocycles. The second-order valence-corrected chi connectivity index (χ2v) is 12.2. The maximum atomic E-state index is 13.2. The first-order valence-corrected chi connectivity index (χ1v) is 14.9. The van der Waals surface area contributed by atoms with Gasteiger partial charge in [-0.25, -0.2) is 19.4 Å². The van der Waals surface area contributed by atoms with E-state index in [1.54, 1.807) is 18.9 Å². The lowest BCUT2D eigenvalue weighted by molar-refractivity contribution is 0.144. The summed E-state index contributed by atoms with van der Waals surface area (Å²) in [5.74, 6) is 1.75. The molecule has 0 bridgehead atoms. The van der Waals surface area contributed by atoms with E-state index < -0.39 is 0 Å². The van der Waals surface area contributed by atoms with Crippen LogP contribution in [0.3, 0.4) is 0 Å². The van der Waals surface area contributed by atoms with Gasteiger partial charge in [0.2, 0.25) is 0 Å². The number of hydrogen-bond donors (Lipinski definition) is 2. The van der Waals surface area contributed by atoms with E-state index in [1.807, 2.05) is 73.7 Å². The number of anilines is 2. The molecule has 2 heterocycles. The Hall–Kier alpha value is -4.61. The van der Waals surface area contributed by atoms with Crippen LogP contribution < -0.4 is 20.1 Å². The van der Waals surface area contributed by atoms with Crippen molar-refractivity contribution < 1.29 is 19.0 Å². The van der Waals surface area contributed by atoms with Gasteiger partial charge < -0.3 is 19.5 Å². The van der Waals surface area contributed by atoms with Gasteiger partial charge in [-0.05, 0) is 48.9 Å². The standard InChI is InChI=1S/C33H36N6O4S/c1-21-9-7-11-23(15-21)39-30(19-29(38-39)33(2,3)4)37-32(40)36-22-10-8-12-24(16-22)44-31-25-17-27(42-6)28(43-14-13-41-5)18-26(25)34-20-35-31/h7-12,15-20H,13-14H2,1-6H3,(H2,36,37,40). The molecule has 0 spiro atoms. The molecule has 0 fully saturated rings. The topological polar surface area (TPSA) is 112 Å². The summed E-state index contributed by atoms with van der Waals surface area (Å²) >= 11 is 1.46. The van der Waals surface area contributed by atoms with Gasteiger partial charge in [-0.15, -0.1) is 0 Å². The van der Waals surface area contributed by atoms with Crippen LogP contribution in [-0.2, 0) is 10.2 Å². The minimum Gasteiger partial charge on any atom is -0.493 e. The molecule has 0 saturated carbocycles. The third kappa shape index (κ3) is 7.29. The number of amides is 2. The van der Waals surface area contributed by atoms with Crippen LogP contribution in [0.5, 0.6) is 11.5 Å². The lowest BCUT2D eigenvalue weighted by Gasteiger charge is -2.14. The van der Waals surface area contributed by atoms with Crippen LogP contribution in [0.25, 0.3) is 16.6 Å². The summed E-state index contributed by atoms with van der Waals surface area (Å²) < 4.78 is 18.2. The predicted octanol–water partition coefficient (Wildman–Crippen LogP) is 7.25. The minimum absolute atomic E-state index is 0.193. The van der Waals surface area contributed by atoms with Crippen LogP contribution >= 0.6 is 11.8 Å². The predicted molar refractivity (Wildman–Crippen MR) is 174 cm³/mol. The maximum absolute atomic E-state index is 13.2. The first-order valence-electron chi connectivity index (χ1n) is 14.1. The summed E-state index contributed by atoms with van der Waals surface area (Å²) in [4.78, 5) is 23.1.